The van der Waals surface area contributed by atoms with E-state index >= 15 is 0 Å². The fourth-order valence-electron chi connectivity index (χ4n) is 2.33. The number of nitrogens with zero attached hydrogens (tertiary/aromatic N) is 2. The number of carbonyl (C=O) groups is 2. The van der Waals surface area contributed by atoms with E-state index in [0.717, 1.165) is 24.5 Å². The zero-order valence-electron chi connectivity index (χ0n) is 12.4. The molecule has 6 heteroatoms. The van der Waals surface area contributed by atoms with Gasteiger partial charge in [-0.05, 0) is 12.1 Å². The molecule has 0 bridgehead atoms. The van der Waals surface area contributed by atoms with E-state index in [1.165, 1.54) is 7.11 Å². The molecule has 0 aliphatic carbocycles. The van der Waals surface area contributed by atoms with Gasteiger partial charge in [-0.25, -0.2) is 0 Å². The van der Waals surface area contributed by atoms with E-state index in [1.807, 2.05) is 24.3 Å². The third kappa shape index (κ3) is 3.87. The van der Waals surface area contributed by atoms with Crippen LogP contribution < -0.4 is 9.64 Å². The third-order valence-corrected chi connectivity index (χ3v) is 3.57. The Kier molecular flexibility index (Phi) is 5.03. The number of esters is 1. The fourth-order valence-corrected chi connectivity index (χ4v) is 2.33. The number of amides is 1. The van der Waals surface area contributed by atoms with Crippen LogP contribution >= 0.6 is 0 Å². The van der Waals surface area contributed by atoms with Crippen LogP contribution in [0.15, 0.2) is 24.3 Å². The molecule has 1 aromatic carbocycles. The van der Waals surface area contributed by atoms with Crippen LogP contribution in [0.25, 0.3) is 0 Å². The summed E-state index contributed by atoms with van der Waals surface area (Å²) >= 11 is 0. The van der Waals surface area contributed by atoms with E-state index in [4.69, 9.17) is 4.74 Å². The third-order valence-electron chi connectivity index (χ3n) is 3.57. The lowest BCUT2D eigenvalue weighted by molar-refractivity contribution is -0.146. The van der Waals surface area contributed by atoms with Gasteiger partial charge in [-0.3, -0.25) is 9.59 Å². The van der Waals surface area contributed by atoms with Gasteiger partial charge in [0.2, 0.25) is 5.91 Å². The zero-order chi connectivity index (χ0) is 15.2. The SMILES string of the molecule is COC(=O)CC(=O)N1CCN(c2cccc(OC)c2)CC1. The fraction of sp³-hybridized carbons (Fsp3) is 0.467. The van der Waals surface area contributed by atoms with Crippen molar-refractivity contribution in [3.63, 3.8) is 0 Å². The number of hydrogen-bond donors (Lipinski definition) is 0. The van der Waals surface area contributed by atoms with Crippen molar-refractivity contribution in [1.82, 2.24) is 4.90 Å². The Morgan fingerprint density at radius 2 is 1.86 bits per heavy atom. The summed E-state index contributed by atoms with van der Waals surface area (Å²) in [6.45, 7) is 2.68. The molecular formula is C15H20N2O4. The molecule has 2 rings (SSSR count). The van der Waals surface area contributed by atoms with Crippen LogP contribution in [0.1, 0.15) is 6.42 Å². The molecule has 1 aliphatic heterocycles. The Hall–Kier alpha value is -2.24. The summed E-state index contributed by atoms with van der Waals surface area (Å²) in [5, 5.41) is 0. The van der Waals surface area contributed by atoms with Crippen molar-refractivity contribution in [1.29, 1.82) is 0 Å². The molecule has 0 aromatic heterocycles. The van der Waals surface area contributed by atoms with Crippen molar-refractivity contribution in [2.24, 2.45) is 0 Å². The van der Waals surface area contributed by atoms with Crippen LogP contribution in [-0.2, 0) is 14.3 Å². The predicted molar refractivity (Wildman–Crippen MR) is 78.4 cm³/mol. The standard InChI is InChI=1S/C15H20N2O4/c1-20-13-5-3-4-12(10-13)16-6-8-17(9-7-16)14(18)11-15(19)21-2/h3-5,10H,6-9,11H2,1-2H3. The van der Waals surface area contributed by atoms with Crippen molar-refractivity contribution in [2.75, 3.05) is 45.3 Å². The molecule has 114 valence electrons. The number of rotatable bonds is 4. The summed E-state index contributed by atoms with van der Waals surface area (Å²) < 4.78 is 9.74. The van der Waals surface area contributed by atoms with Crippen LogP contribution in [0.5, 0.6) is 5.75 Å². The van der Waals surface area contributed by atoms with Crippen LogP contribution in [0.2, 0.25) is 0 Å². The van der Waals surface area contributed by atoms with Gasteiger partial charge in [0.15, 0.2) is 0 Å². The van der Waals surface area contributed by atoms with Gasteiger partial charge in [0.05, 0.1) is 14.2 Å². The second-order valence-corrected chi connectivity index (χ2v) is 4.82. The lowest BCUT2D eigenvalue weighted by Crippen LogP contribution is -2.49. The normalized spacial score (nSPS) is 14.8. The molecule has 0 spiro atoms. The maximum absolute atomic E-state index is 11.9. The first kappa shape index (κ1) is 15.2. The smallest absolute Gasteiger partial charge is 0.315 e. The summed E-state index contributed by atoms with van der Waals surface area (Å²) in [5.74, 6) is 0.152. The first-order chi connectivity index (χ1) is 10.1. The molecule has 1 aliphatic rings. The van der Waals surface area contributed by atoms with Gasteiger partial charge >= 0.3 is 5.97 Å². The van der Waals surface area contributed by atoms with Gasteiger partial charge in [-0.15, -0.1) is 0 Å². The number of piperazine rings is 1. The number of anilines is 1. The Balaban J connectivity index is 1.90. The highest BCUT2D eigenvalue weighted by Crippen LogP contribution is 2.22. The molecular weight excluding hydrogens is 272 g/mol. The van der Waals surface area contributed by atoms with Crippen LogP contribution in [0.4, 0.5) is 5.69 Å². The summed E-state index contributed by atoms with van der Waals surface area (Å²) in [7, 11) is 2.93. The highest BCUT2D eigenvalue weighted by Gasteiger charge is 2.23. The van der Waals surface area contributed by atoms with Gasteiger partial charge < -0.3 is 19.3 Å². The molecule has 0 unspecified atom stereocenters. The summed E-state index contributed by atoms with van der Waals surface area (Å²) in [5.41, 5.74) is 1.08. The maximum atomic E-state index is 11.9. The van der Waals surface area contributed by atoms with Gasteiger partial charge in [0.1, 0.15) is 12.2 Å². The average Bonchev–Trinajstić information content (AvgIpc) is 2.54. The Morgan fingerprint density at radius 3 is 2.48 bits per heavy atom. The first-order valence-electron chi connectivity index (χ1n) is 6.87. The van der Waals surface area contributed by atoms with Crippen molar-refractivity contribution in [2.45, 2.75) is 6.42 Å². The molecule has 1 heterocycles. The molecule has 21 heavy (non-hydrogen) atoms. The Bertz CT molecular complexity index is 510. The lowest BCUT2D eigenvalue weighted by Gasteiger charge is -2.36. The quantitative estimate of drug-likeness (QED) is 0.610. The van der Waals surface area contributed by atoms with Crippen LogP contribution in [0.3, 0.4) is 0 Å². The number of hydrogen-bond acceptors (Lipinski definition) is 5. The minimum absolute atomic E-state index is 0.174. The van der Waals surface area contributed by atoms with Crippen molar-refractivity contribution in [3.8, 4) is 5.75 Å². The van der Waals surface area contributed by atoms with E-state index in [2.05, 4.69) is 9.64 Å². The van der Waals surface area contributed by atoms with E-state index in [1.54, 1.807) is 12.0 Å². The van der Waals surface area contributed by atoms with E-state index in [0.29, 0.717) is 13.1 Å². The highest BCUT2D eigenvalue weighted by atomic mass is 16.5. The molecule has 0 N–H and O–H groups in total. The van der Waals surface area contributed by atoms with E-state index in [-0.39, 0.29) is 12.3 Å². The Morgan fingerprint density at radius 1 is 1.14 bits per heavy atom. The average molecular weight is 292 g/mol. The molecule has 0 atom stereocenters. The largest absolute Gasteiger partial charge is 0.497 e. The molecule has 1 amide bonds. The summed E-state index contributed by atoms with van der Waals surface area (Å²) in [4.78, 5) is 26.9. The molecule has 0 radical (unpaired) electrons. The van der Waals surface area contributed by atoms with Crippen LogP contribution in [-0.4, -0.2) is 57.2 Å². The minimum Gasteiger partial charge on any atom is -0.497 e. The topological polar surface area (TPSA) is 59.1 Å². The van der Waals surface area contributed by atoms with Gasteiger partial charge in [0.25, 0.3) is 0 Å². The lowest BCUT2D eigenvalue weighted by atomic mass is 10.2. The highest BCUT2D eigenvalue weighted by molar-refractivity contribution is 5.94. The number of ether oxygens (including phenoxy) is 2. The van der Waals surface area contributed by atoms with E-state index in [9.17, 15) is 9.59 Å². The number of carbonyl (C=O) groups excluding carboxylic acids is 2. The first-order valence-corrected chi connectivity index (χ1v) is 6.87. The van der Waals surface area contributed by atoms with Crippen molar-refractivity contribution >= 4 is 17.6 Å². The van der Waals surface area contributed by atoms with Gasteiger partial charge in [-0.2, -0.15) is 0 Å². The van der Waals surface area contributed by atoms with Gasteiger partial charge in [0, 0.05) is 37.9 Å². The second kappa shape index (κ2) is 6.97. The molecule has 1 fully saturated rings. The molecule has 1 saturated heterocycles. The minimum atomic E-state index is -0.491. The van der Waals surface area contributed by atoms with Crippen molar-refractivity contribution < 1.29 is 19.1 Å². The summed E-state index contributed by atoms with van der Waals surface area (Å²) in [6.07, 6.45) is -0.185. The molecule has 0 saturated carbocycles. The number of methoxy groups -OCH3 is 2. The summed E-state index contributed by atoms with van der Waals surface area (Å²) in [6, 6.07) is 7.85. The molecule has 1 aromatic rings. The van der Waals surface area contributed by atoms with Gasteiger partial charge in [-0.1, -0.05) is 6.07 Å². The molecule has 6 nitrogen and oxygen atoms in total. The maximum Gasteiger partial charge on any atom is 0.315 e. The predicted octanol–water partition coefficient (Wildman–Crippen LogP) is 0.907. The van der Waals surface area contributed by atoms with E-state index < -0.39 is 5.97 Å². The zero-order valence-corrected chi connectivity index (χ0v) is 12.4. The Labute approximate surface area is 124 Å². The number of benzene rings is 1. The second-order valence-electron chi connectivity index (χ2n) is 4.82. The van der Waals surface area contributed by atoms with Crippen molar-refractivity contribution in [3.05, 3.63) is 24.3 Å². The monoisotopic (exact) mass is 292 g/mol. The van der Waals surface area contributed by atoms with Crippen LogP contribution in [0, 0.1) is 0 Å².